The highest BCUT2D eigenvalue weighted by Gasteiger charge is 2.72. The molecule has 10 heteroatoms. The van der Waals surface area contributed by atoms with Gasteiger partial charge in [-0.2, -0.15) is 0 Å². The summed E-state index contributed by atoms with van der Waals surface area (Å²) in [6, 6.07) is 19.1. The number of hydrogen-bond donors (Lipinski definition) is 0. The molecule has 1 fully saturated rings. The molecule has 0 spiro atoms. The summed E-state index contributed by atoms with van der Waals surface area (Å²) in [6.45, 7) is 1.13. The SMILES string of the molecule is CC(=O)Oc1ccc(N2C(=O)[C@@H]3[C@@H](C2=O)C2(Br)c4ccccc4C3(Br)c3ccccc32)cc1[N+](=O)[O-]. The molecule has 8 nitrogen and oxygen atoms in total. The van der Waals surface area contributed by atoms with Crippen molar-refractivity contribution in [2.45, 2.75) is 15.6 Å². The lowest BCUT2D eigenvalue weighted by Crippen LogP contribution is -2.56. The van der Waals surface area contributed by atoms with Crippen LogP contribution in [0.2, 0.25) is 0 Å². The predicted molar refractivity (Wildman–Crippen MR) is 136 cm³/mol. The zero-order chi connectivity index (χ0) is 25.6. The molecule has 2 atom stereocenters. The highest BCUT2D eigenvalue weighted by molar-refractivity contribution is 9.10. The first-order valence-corrected chi connectivity index (χ1v) is 12.6. The lowest BCUT2D eigenvalue weighted by Gasteiger charge is -2.55. The van der Waals surface area contributed by atoms with Gasteiger partial charge in [0.05, 0.1) is 31.1 Å². The lowest BCUT2D eigenvalue weighted by molar-refractivity contribution is -0.385. The second-order valence-corrected chi connectivity index (χ2v) is 11.5. The minimum Gasteiger partial charge on any atom is -0.419 e. The number of benzene rings is 3. The Morgan fingerprint density at radius 1 is 0.889 bits per heavy atom. The predicted octanol–water partition coefficient (Wildman–Crippen LogP) is 4.93. The molecule has 4 aliphatic rings. The molecule has 0 saturated carbocycles. The first-order chi connectivity index (χ1) is 17.1. The molecule has 180 valence electrons. The smallest absolute Gasteiger partial charge is 0.313 e. The number of anilines is 1. The number of carbonyl (C=O) groups excluding carboxylic acids is 3. The minimum atomic E-state index is -0.967. The van der Waals surface area contributed by atoms with Crippen LogP contribution in [0.5, 0.6) is 5.75 Å². The van der Waals surface area contributed by atoms with Gasteiger partial charge in [0.25, 0.3) is 0 Å². The van der Waals surface area contributed by atoms with Gasteiger partial charge in [0.1, 0.15) is 0 Å². The van der Waals surface area contributed by atoms with Gasteiger partial charge in [-0.15, -0.1) is 0 Å². The van der Waals surface area contributed by atoms with Crippen LogP contribution in [0, 0.1) is 22.0 Å². The summed E-state index contributed by atoms with van der Waals surface area (Å²) >= 11 is 7.84. The number of hydrogen-bond acceptors (Lipinski definition) is 6. The van der Waals surface area contributed by atoms with Crippen LogP contribution >= 0.6 is 31.9 Å². The number of ether oxygens (including phenoxy) is 1. The first kappa shape index (κ1) is 23.1. The van der Waals surface area contributed by atoms with Crippen molar-refractivity contribution in [2.75, 3.05) is 4.90 Å². The Balaban J connectivity index is 1.56. The van der Waals surface area contributed by atoms with E-state index in [1.165, 1.54) is 12.1 Å². The fourth-order valence-corrected chi connectivity index (χ4v) is 8.25. The summed E-state index contributed by atoms with van der Waals surface area (Å²) < 4.78 is 3.02. The lowest BCUT2D eigenvalue weighted by atomic mass is 9.54. The molecule has 3 aliphatic carbocycles. The molecule has 0 aromatic heterocycles. The van der Waals surface area contributed by atoms with E-state index in [2.05, 4.69) is 31.9 Å². The maximum Gasteiger partial charge on any atom is 0.313 e. The molecule has 0 unspecified atom stereocenters. The Morgan fingerprint density at radius 2 is 1.33 bits per heavy atom. The number of alkyl halides is 2. The van der Waals surface area contributed by atoms with Crippen LogP contribution in [0.3, 0.4) is 0 Å². The Hall–Kier alpha value is -3.37. The van der Waals surface area contributed by atoms with Crippen molar-refractivity contribution < 1.29 is 24.0 Å². The number of amides is 2. The molecule has 1 heterocycles. The molecule has 36 heavy (non-hydrogen) atoms. The molecule has 0 radical (unpaired) electrons. The van der Waals surface area contributed by atoms with Crippen LogP contribution in [0.1, 0.15) is 29.2 Å². The third kappa shape index (κ3) is 2.71. The Bertz CT molecular complexity index is 1410. The van der Waals surface area contributed by atoms with E-state index in [1.54, 1.807) is 0 Å². The maximum absolute atomic E-state index is 14.1. The third-order valence-electron chi connectivity index (χ3n) is 7.24. The van der Waals surface area contributed by atoms with Gasteiger partial charge < -0.3 is 4.74 Å². The molecule has 1 saturated heterocycles. The number of carbonyl (C=O) groups is 3. The van der Waals surface area contributed by atoms with Crippen LogP contribution in [0.25, 0.3) is 0 Å². The average Bonchev–Trinajstić information content (AvgIpc) is 3.13. The zero-order valence-electron chi connectivity index (χ0n) is 18.6. The number of halogens is 2. The first-order valence-electron chi connectivity index (χ1n) is 11.0. The van der Waals surface area contributed by atoms with Gasteiger partial charge in [-0.3, -0.25) is 24.5 Å². The fourth-order valence-electron chi connectivity index (χ4n) is 5.95. The van der Waals surface area contributed by atoms with Crippen molar-refractivity contribution in [3.63, 3.8) is 0 Å². The topological polar surface area (TPSA) is 107 Å². The average molecular weight is 612 g/mol. The maximum atomic E-state index is 14.1. The Labute approximate surface area is 221 Å². The third-order valence-corrected chi connectivity index (χ3v) is 9.93. The molecule has 3 aromatic rings. The molecule has 1 aliphatic heterocycles. The van der Waals surface area contributed by atoms with Crippen molar-refractivity contribution >= 4 is 61.0 Å². The van der Waals surface area contributed by atoms with E-state index in [9.17, 15) is 24.5 Å². The van der Waals surface area contributed by atoms with E-state index in [0.717, 1.165) is 40.1 Å². The van der Waals surface area contributed by atoms with Crippen LogP contribution in [-0.2, 0) is 23.0 Å². The van der Waals surface area contributed by atoms with E-state index in [1.807, 2.05) is 48.5 Å². The van der Waals surface area contributed by atoms with E-state index in [-0.39, 0.29) is 11.4 Å². The van der Waals surface area contributed by atoms with Gasteiger partial charge in [0.15, 0.2) is 0 Å². The second-order valence-electron chi connectivity index (χ2n) is 8.98. The number of nitro benzene ring substituents is 1. The number of rotatable bonds is 3. The largest absolute Gasteiger partial charge is 0.419 e. The van der Waals surface area contributed by atoms with E-state index >= 15 is 0 Å². The van der Waals surface area contributed by atoms with Gasteiger partial charge in [0, 0.05) is 13.0 Å². The van der Waals surface area contributed by atoms with Crippen LogP contribution < -0.4 is 9.64 Å². The highest BCUT2D eigenvalue weighted by Crippen LogP contribution is 2.70. The molecule has 0 N–H and O–H groups in total. The van der Waals surface area contributed by atoms with Crippen molar-refractivity contribution in [1.82, 2.24) is 0 Å². The monoisotopic (exact) mass is 610 g/mol. The van der Waals surface area contributed by atoms with Crippen molar-refractivity contribution in [3.8, 4) is 5.75 Å². The van der Waals surface area contributed by atoms with Crippen LogP contribution in [0.15, 0.2) is 66.7 Å². The van der Waals surface area contributed by atoms with Crippen molar-refractivity contribution in [2.24, 2.45) is 11.8 Å². The van der Waals surface area contributed by atoms with Crippen molar-refractivity contribution in [3.05, 3.63) is 99.1 Å². The van der Waals surface area contributed by atoms with E-state index < -0.39 is 48.9 Å². The van der Waals surface area contributed by atoms with Gasteiger partial charge in [-0.25, -0.2) is 4.90 Å². The molecule has 2 amide bonds. The van der Waals surface area contributed by atoms with Gasteiger partial charge in [0.2, 0.25) is 17.6 Å². The summed E-state index contributed by atoms with van der Waals surface area (Å²) in [5, 5.41) is 11.7. The number of imide groups is 1. The summed E-state index contributed by atoms with van der Waals surface area (Å²) in [6.07, 6.45) is 0. The van der Waals surface area contributed by atoms with Crippen LogP contribution in [0.4, 0.5) is 11.4 Å². The second kappa shape index (κ2) is 7.57. The number of nitrogens with zero attached hydrogens (tertiary/aromatic N) is 2. The van der Waals surface area contributed by atoms with Gasteiger partial charge >= 0.3 is 11.7 Å². The van der Waals surface area contributed by atoms with Crippen molar-refractivity contribution in [1.29, 1.82) is 0 Å². The zero-order valence-corrected chi connectivity index (χ0v) is 21.8. The number of nitro groups is 1. The summed E-state index contributed by atoms with van der Waals surface area (Å²) in [5.74, 6) is -3.53. The Morgan fingerprint density at radius 3 is 1.72 bits per heavy atom. The highest BCUT2D eigenvalue weighted by atomic mass is 79.9. The standard InChI is InChI=1S/C26H16Br2N2O6/c1-13(31)36-20-11-10-14(12-19(20)30(34)35)29-23(32)21-22(24(29)33)26(28)16-7-3-2-6-15(16)25(21,27)17-8-4-5-9-18(17)26/h2-12,21-22H,1H3/t21-,22-,25?,26?/m0/s1. The summed E-state index contributed by atoms with van der Waals surface area (Å²) in [4.78, 5) is 51.5. The molecular formula is C26H16Br2N2O6. The molecule has 2 bridgehead atoms. The molecule has 7 rings (SSSR count). The van der Waals surface area contributed by atoms with E-state index in [4.69, 9.17) is 4.74 Å². The van der Waals surface area contributed by atoms with Gasteiger partial charge in [-0.05, 0) is 34.4 Å². The summed E-state index contributed by atoms with van der Waals surface area (Å²) in [5.41, 5.74) is 3.08. The molecule has 3 aromatic carbocycles. The molecular weight excluding hydrogens is 596 g/mol. The van der Waals surface area contributed by atoms with Gasteiger partial charge in [-0.1, -0.05) is 80.4 Å². The quantitative estimate of drug-likeness (QED) is 0.104. The summed E-state index contributed by atoms with van der Waals surface area (Å²) in [7, 11) is 0. The number of esters is 1. The van der Waals surface area contributed by atoms with Crippen LogP contribution in [-0.4, -0.2) is 22.7 Å². The fraction of sp³-hybridized carbons (Fsp3) is 0.192. The Kier molecular flexibility index (Phi) is 4.84. The normalized spacial score (nSPS) is 27.4. The van der Waals surface area contributed by atoms with E-state index in [0.29, 0.717) is 0 Å². The minimum absolute atomic E-state index is 0.0433.